The molecule has 2 heteroatoms. The first kappa shape index (κ1) is 11.6. The predicted molar refractivity (Wildman–Crippen MR) is 76.7 cm³/mol. The predicted octanol–water partition coefficient (Wildman–Crippen LogP) is 3.73. The van der Waals surface area contributed by atoms with Crippen LogP contribution in [0.1, 0.15) is 11.3 Å². The second-order valence-corrected chi connectivity index (χ2v) is 4.39. The number of rotatable bonds is 3. The summed E-state index contributed by atoms with van der Waals surface area (Å²) in [5.74, 6) is 0. The quantitative estimate of drug-likeness (QED) is 0.703. The van der Waals surface area contributed by atoms with E-state index < -0.39 is 0 Å². The summed E-state index contributed by atoms with van der Waals surface area (Å²) < 4.78 is 0. The molecule has 0 bridgehead atoms. The van der Waals surface area contributed by atoms with E-state index in [2.05, 4.69) is 40.3 Å². The van der Waals surface area contributed by atoms with E-state index in [4.69, 9.17) is 0 Å². The van der Waals surface area contributed by atoms with Crippen LogP contribution in [0.2, 0.25) is 0 Å². The molecule has 0 fully saturated rings. The summed E-state index contributed by atoms with van der Waals surface area (Å²) in [5, 5.41) is 0. The molecular weight excluding hydrogens is 232 g/mol. The lowest BCUT2D eigenvalue weighted by molar-refractivity contribution is 1.07. The van der Waals surface area contributed by atoms with E-state index in [1.54, 1.807) is 6.20 Å². The van der Waals surface area contributed by atoms with E-state index in [9.17, 15) is 0 Å². The molecule has 0 radical (unpaired) electrons. The molecular formula is C17H14N2. The van der Waals surface area contributed by atoms with Crippen molar-refractivity contribution in [2.24, 2.45) is 0 Å². The Kier molecular flexibility index (Phi) is 3.32. The van der Waals surface area contributed by atoms with Gasteiger partial charge in [-0.25, -0.2) is 0 Å². The lowest BCUT2D eigenvalue weighted by Crippen LogP contribution is -1.94. The molecule has 0 saturated carbocycles. The second-order valence-electron chi connectivity index (χ2n) is 4.39. The van der Waals surface area contributed by atoms with Gasteiger partial charge in [0.2, 0.25) is 0 Å². The van der Waals surface area contributed by atoms with Crippen LogP contribution in [0.5, 0.6) is 0 Å². The summed E-state index contributed by atoms with van der Waals surface area (Å²) in [7, 11) is 0. The Labute approximate surface area is 112 Å². The average Bonchev–Trinajstić information content (AvgIpc) is 2.49. The van der Waals surface area contributed by atoms with Gasteiger partial charge in [-0.05, 0) is 29.8 Å². The third-order valence-electron chi connectivity index (χ3n) is 2.96. The highest BCUT2D eigenvalue weighted by molar-refractivity contribution is 5.53. The average molecular weight is 246 g/mol. The summed E-state index contributed by atoms with van der Waals surface area (Å²) in [4.78, 5) is 9.01. The van der Waals surface area contributed by atoms with Crippen molar-refractivity contribution in [3.63, 3.8) is 0 Å². The van der Waals surface area contributed by atoms with Gasteiger partial charge in [0.05, 0.1) is 11.4 Å². The zero-order valence-electron chi connectivity index (χ0n) is 10.5. The van der Waals surface area contributed by atoms with Crippen molar-refractivity contribution in [2.75, 3.05) is 0 Å². The van der Waals surface area contributed by atoms with Crippen LogP contribution in [0, 0.1) is 0 Å². The highest BCUT2D eigenvalue weighted by Crippen LogP contribution is 2.15. The van der Waals surface area contributed by atoms with Crippen LogP contribution in [0.3, 0.4) is 0 Å². The van der Waals surface area contributed by atoms with Crippen molar-refractivity contribution in [2.45, 2.75) is 6.42 Å². The third kappa shape index (κ3) is 2.86. The first-order chi connectivity index (χ1) is 9.42. The summed E-state index contributed by atoms with van der Waals surface area (Å²) >= 11 is 0. The molecule has 19 heavy (non-hydrogen) atoms. The Morgan fingerprint density at radius 2 is 1.47 bits per heavy atom. The smallest absolute Gasteiger partial charge is 0.0889 e. The van der Waals surface area contributed by atoms with Gasteiger partial charge in [-0.2, -0.15) is 0 Å². The molecule has 2 nitrogen and oxygen atoms in total. The fourth-order valence-corrected chi connectivity index (χ4v) is 2.04. The van der Waals surface area contributed by atoms with Crippen LogP contribution in [0.25, 0.3) is 11.4 Å². The van der Waals surface area contributed by atoms with Gasteiger partial charge in [-0.1, -0.05) is 42.5 Å². The number of benzene rings is 1. The van der Waals surface area contributed by atoms with Crippen molar-refractivity contribution >= 4 is 0 Å². The topological polar surface area (TPSA) is 25.8 Å². The molecule has 2 aromatic heterocycles. The number of nitrogens with zero attached hydrogens (tertiary/aromatic N) is 2. The van der Waals surface area contributed by atoms with E-state index in [0.29, 0.717) is 0 Å². The van der Waals surface area contributed by atoms with E-state index in [-0.39, 0.29) is 0 Å². The first-order valence-corrected chi connectivity index (χ1v) is 6.33. The number of hydrogen-bond acceptors (Lipinski definition) is 2. The Hall–Kier alpha value is -2.48. The van der Waals surface area contributed by atoms with Crippen molar-refractivity contribution < 1.29 is 0 Å². The monoisotopic (exact) mass is 246 g/mol. The Balaban J connectivity index is 1.89. The van der Waals surface area contributed by atoms with Gasteiger partial charge in [0, 0.05) is 18.3 Å². The molecule has 3 aromatic rings. The minimum absolute atomic E-state index is 0.849. The molecule has 92 valence electrons. The minimum atomic E-state index is 0.849. The zero-order valence-corrected chi connectivity index (χ0v) is 10.5. The van der Waals surface area contributed by atoms with Gasteiger partial charge < -0.3 is 0 Å². The van der Waals surface area contributed by atoms with E-state index >= 15 is 0 Å². The van der Waals surface area contributed by atoms with Crippen LogP contribution in [0.4, 0.5) is 0 Å². The molecule has 0 aliphatic carbocycles. The maximum absolute atomic E-state index is 4.68. The lowest BCUT2D eigenvalue weighted by atomic mass is 10.1. The maximum Gasteiger partial charge on any atom is 0.0889 e. The normalized spacial score (nSPS) is 10.3. The van der Waals surface area contributed by atoms with E-state index in [0.717, 1.165) is 23.5 Å². The van der Waals surface area contributed by atoms with Crippen LogP contribution in [-0.4, -0.2) is 9.97 Å². The van der Waals surface area contributed by atoms with Gasteiger partial charge in [0.15, 0.2) is 0 Å². The fraction of sp³-hybridized carbons (Fsp3) is 0.0588. The maximum atomic E-state index is 4.68. The Bertz CT molecular complexity index is 648. The number of hydrogen-bond donors (Lipinski definition) is 0. The summed E-state index contributed by atoms with van der Waals surface area (Å²) in [5.41, 5.74) is 4.17. The molecule has 0 unspecified atom stereocenters. The molecule has 0 amide bonds. The van der Waals surface area contributed by atoms with Crippen LogP contribution >= 0.6 is 0 Å². The van der Waals surface area contributed by atoms with Gasteiger partial charge >= 0.3 is 0 Å². The second kappa shape index (κ2) is 5.44. The fourth-order valence-electron chi connectivity index (χ4n) is 2.04. The highest BCUT2D eigenvalue weighted by atomic mass is 14.8. The zero-order chi connectivity index (χ0) is 12.9. The molecule has 0 spiro atoms. The molecule has 0 aliphatic heterocycles. The van der Waals surface area contributed by atoms with Crippen molar-refractivity contribution in [3.05, 3.63) is 84.2 Å². The SMILES string of the molecule is c1ccc(Cc2cccc(-c3ccccn3)n2)cc1. The van der Waals surface area contributed by atoms with Crippen molar-refractivity contribution in [1.29, 1.82) is 0 Å². The largest absolute Gasteiger partial charge is 0.255 e. The van der Waals surface area contributed by atoms with Crippen LogP contribution in [-0.2, 0) is 6.42 Å². The third-order valence-corrected chi connectivity index (χ3v) is 2.96. The molecule has 2 heterocycles. The Morgan fingerprint density at radius 3 is 2.26 bits per heavy atom. The summed E-state index contributed by atoms with van der Waals surface area (Å²) in [6.07, 6.45) is 2.64. The molecule has 0 N–H and O–H groups in total. The first-order valence-electron chi connectivity index (χ1n) is 6.33. The van der Waals surface area contributed by atoms with E-state index in [1.165, 1.54) is 5.56 Å². The van der Waals surface area contributed by atoms with Gasteiger partial charge in [-0.15, -0.1) is 0 Å². The standard InChI is InChI=1S/C17H14N2/c1-2-7-14(8-3-1)13-15-9-6-11-17(19-15)16-10-4-5-12-18-16/h1-12H,13H2. The highest BCUT2D eigenvalue weighted by Gasteiger charge is 2.02. The lowest BCUT2D eigenvalue weighted by Gasteiger charge is -2.04. The summed E-state index contributed by atoms with van der Waals surface area (Å²) in [6, 6.07) is 22.3. The van der Waals surface area contributed by atoms with Crippen molar-refractivity contribution in [3.8, 4) is 11.4 Å². The minimum Gasteiger partial charge on any atom is -0.255 e. The van der Waals surface area contributed by atoms with Crippen LogP contribution < -0.4 is 0 Å². The molecule has 0 atom stereocenters. The molecule has 0 aliphatic rings. The molecule has 3 rings (SSSR count). The Morgan fingerprint density at radius 1 is 0.684 bits per heavy atom. The van der Waals surface area contributed by atoms with Crippen LogP contribution in [0.15, 0.2) is 72.9 Å². The molecule has 1 aromatic carbocycles. The number of pyridine rings is 2. The van der Waals surface area contributed by atoms with Gasteiger partial charge in [-0.3, -0.25) is 9.97 Å². The molecule has 0 saturated heterocycles. The van der Waals surface area contributed by atoms with Crippen molar-refractivity contribution in [1.82, 2.24) is 9.97 Å². The van der Waals surface area contributed by atoms with E-state index in [1.807, 2.05) is 36.4 Å². The van der Waals surface area contributed by atoms with Gasteiger partial charge in [0.1, 0.15) is 0 Å². The summed E-state index contributed by atoms with van der Waals surface area (Å²) in [6.45, 7) is 0. The number of aromatic nitrogens is 2. The van der Waals surface area contributed by atoms with Gasteiger partial charge in [0.25, 0.3) is 0 Å².